The van der Waals surface area contributed by atoms with E-state index >= 15 is 8.78 Å². The quantitative estimate of drug-likeness (QED) is 0.102. The van der Waals surface area contributed by atoms with Gasteiger partial charge in [0.25, 0.3) is 0 Å². The lowest BCUT2D eigenvalue weighted by atomic mass is 9.66. The van der Waals surface area contributed by atoms with Crippen molar-refractivity contribution in [1.29, 1.82) is 0 Å². The molecule has 5 heteroatoms. The number of benzene rings is 12. The van der Waals surface area contributed by atoms with Gasteiger partial charge in [-0.05, 0) is 228 Å². The van der Waals surface area contributed by atoms with E-state index in [1.54, 1.807) is 24.3 Å². The highest BCUT2D eigenvalue weighted by Crippen LogP contribution is 2.60. The van der Waals surface area contributed by atoms with E-state index < -0.39 is 10.8 Å². The first-order chi connectivity index (χ1) is 43.8. The Labute approximate surface area is 518 Å². The van der Waals surface area contributed by atoms with Gasteiger partial charge in [-0.1, -0.05) is 207 Å². The number of allylic oxidation sites excluding steroid dienone is 4. The molecule has 12 aromatic carbocycles. The Kier molecular flexibility index (Phi) is 13.8. The highest BCUT2D eigenvalue weighted by molar-refractivity contribution is 5.93. The molecule has 3 nitrogen and oxygen atoms in total. The number of nitrogens with zero attached hydrogens (tertiary/aromatic N) is 1. The van der Waals surface area contributed by atoms with Crippen molar-refractivity contribution in [3.8, 4) is 56.4 Å². The molecule has 0 aromatic heterocycles. The molecule has 0 fully saturated rings. The first-order valence-electron chi connectivity index (χ1n) is 30.2. The van der Waals surface area contributed by atoms with Gasteiger partial charge in [-0.25, -0.2) is 8.78 Å². The average Bonchev–Trinajstić information content (AvgIpc) is 1.57. The minimum atomic E-state index is -0.894. The average molecular weight is 1150 g/mol. The SMILES string of the molecule is C=Cc1ccc(Oc2ccc(C3(c4ccc(F)cc4)C4=C(CCC=C4)c4ccc(N(c5ccc(-c6cccc(-c7ccccc7)c6)cc5)c5ccc6c(c5)C(c5ccc(F)cc5)(c5ccc(Oc7ccc(C=C)cc7)cc5)c5ccccc5-6)cc43)cc2)cc1. The van der Waals surface area contributed by atoms with Gasteiger partial charge in [0, 0.05) is 17.1 Å². The van der Waals surface area contributed by atoms with Crippen LogP contribution in [0.5, 0.6) is 23.0 Å². The second-order valence-electron chi connectivity index (χ2n) is 23.0. The number of rotatable bonds is 15. The highest BCUT2D eigenvalue weighted by Gasteiger charge is 2.49. The summed E-state index contributed by atoms with van der Waals surface area (Å²) in [4.78, 5) is 2.37. The Morgan fingerprint density at radius 2 is 0.787 bits per heavy atom. The molecule has 0 spiro atoms. The topological polar surface area (TPSA) is 21.7 Å². The highest BCUT2D eigenvalue weighted by atomic mass is 19.1. The molecular weight excluding hydrogens is 1090 g/mol. The van der Waals surface area contributed by atoms with E-state index in [9.17, 15) is 0 Å². The third-order valence-corrected chi connectivity index (χ3v) is 18.1. The van der Waals surface area contributed by atoms with Crippen LogP contribution in [-0.2, 0) is 10.8 Å². The fourth-order valence-corrected chi connectivity index (χ4v) is 14.0. The molecule has 0 saturated heterocycles. The Morgan fingerprint density at radius 3 is 1.33 bits per heavy atom. The number of fused-ring (bicyclic) bond motifs is 5. The molecule has 3 aliphatic rings. The van der Waals surface area contributed by atoms with Crippen molar-refractivity contribution in [2.24, 2.45) is 0 Å². The molecule has 0 aliphatic heterocycles. The summed E-state index contributed by atoms with van der Waals surface area (Å²) < 4.78 is 43.6. The normalized spacial score (nSPS) is 16.0. The molecule has 0 radical (unpaired) electrons. The summed E-state index contributed by atoms with van der Waals surface area (Å²) >= 11 is 0. The predicted molar refractivity (Wildman–Crippen MR) is 360 cm³/mol. The van der Waals surface area contributed by atoms with Gasteiger partial charge >= 0.3 is 0 Å². The maximum absolute atomic E-state index is 15.3. The predicted octanol–water partition coefficient (Wildman–Crippen LogP) is 22.5. The molecule has 12 aromatic rings. The van der Waals surface area contributed by atoms with Crippen LogP contribution in [0.15, 0.2) is 316 Å². The third kappa shape index (κ3) is 9.51. The molecule has 89 heavy (non-hydrogen) atoms. The fourth-order valence-electron chi connectivity index (χ4n) is 14.0. The maximum Gasteiger partial charge on any atom is 0.127 e. The van der Waals surface area contributed by atoms with Crippen molar-refractivity contribution in [2.45, 2.75) is 23.7 Å². The van der Waals surface area contributed by atoms with Gasteiger partial charge in [0.1, 0.15) is 34.6 Å². The third-order valence-electron chi connectivity index (χ3n) is 18.1. The Hall–Kier alpha value is -11.1. The van der Waals surface area contributed by atoms with Gasteiger partial charge in [0.15, 0.2) is 0 Å². The van der Waals surface area contributed by atoms with Crippen molar-refractivity contribution in [2.75, 3.05) is 4.90 Å². The van der Waals surface area contributed by atoms with E-state index in [0.717, 1.165) is 130 Å². The summed E-state index contributed by atoms with van der Waals surface area (Å²) in [7, 11) is 0. The first-order valence-corrected chi connectivity index (χ1v) is 30.2. The summed E-state index contributed by atoms with van der Waals surface area (Å²) in [6.07, 6.45) is 9.95. The molecule has 2 unspecified atom stereocenters. The minimum absolute atomic E-state index is 0.300. The summed E-state index contributed by atoms with van der Waals surface area (Å²) in [6, 6.07) is 97.0. The molecule has 3 aliphatic carbocycles. The first kappa shape index (κ1) is 54.5. The van der Waals surface area contributed by atoms with Crippen molar-refractivity contribution in [3.63, 3.8) is 0 Å². The zero-order valence-corrected chi connectivity index (χ0v) is 48.8. The monoisotopic (exact) mass is 1150 g/mol. The van der Waals surface area contributed by atoms with Crippen LogP contribution in [0.4, 0.5) is 25.8 Å². The molecule has 0 bridgehead atoms. The maximum atomic E-state index is 15.3. The lowest BCUT2D eigenvalue weighted by Gasteiger charge is -2.36. The lowest BCUT2D eigenvalue weighted by Crippen LogP contribution is -2.30. The van der Waals surface area contributed by atoms with Crippen LogP contribution in [0, 0.1) is 11.6 Å². The van der Waals surface area contributed by atoms with E-state index in [1.807, 2.05) is 115 Å². The summed E-state index contributed by atoms with van der Waals surface area (Å²) in [5, 5.41) is 0. The zero-order valence-electron chi connectivity index (χ0n) is 48.8. The van der Waals surface area contributed by atoms with Crippen molar-refractivity contribution >= 4 is 34.8 Å². The smallest absolute Gasteiger partial charge is 0.127 e. The van der Waals surface area contributed by atoms with Crippen LogP contribution in [0.3, 0.4) is 0 Å². The fraction of sp³-hybridized carbons (Fsp3) is 0.0476. The van der Waals surface area contributed by atoms with Crippen molar-refractivity contribution < 1.29 is 18.3 Å². The molecule has 0 amide bonds. The molecule has 2 atom stereocenters. The molecule has 426 valence electrons. The van der Waals surface area contributed by atoms with E-state index in [2.05, 4.69) is 188 Å². The number of hydrogen-bond donors (Lipinski definition) is 0. The molecule has 0 heterocycles. The number of anilines is 3. The van der Waals surface area contributed by atoms with E-state index in [1.165, 1.54) is 11.1 Å². The Morgan fingerprint density at radius 1 is 0.360 bits per heavy atom. The Balaban J connectivity index is 0.925. The summed E-state index contributed by atoms with van der Waals surface area (Å²) in [6.45, 7) is 7.83. The molecule has 0 saturated carbocycles. The van der Waals surface area contributed by atoms with Crippen molar-refractivity contribution in [1.82, 2.24) is 0 Å². The van der Waals surface area contributed by atoms with E-state index in [-0.39, 0.29) is 11.6 Å². The van der Waals surface area contributed by atoms with Crippen LogP contribution in [0.2, 0.25) is 0 Å². The molecular formula is C84H59F2NO2. The standard InChI is InChI=1S/C84H59F2NO2/c1-3-56-21-43-71(44-22-56)88-73-47-31-64(32-48-73)83(62-27-35-66(85)36-28-62)79-19-10-8-17-75(79)77-51-41-69(54-81(77)83)87(68-39-25-59(26-40-68)61-16-12-15-60(53-61)58-13-6-5-7-14-58)70-42-52-78-76-18-9-11-20-80(76)84(82(78)55-70,63-29-37-67(86)38-30-63)65-33-49-74(50-34-65)89-72-45-23-57(4-2)24-46-72/h3-8,10-17,19-55H,1-2,9,18H2. The van der Waals surface area contributed by atoms with Crippen LogP contribution in [-0.4, -0.2) is 0 Å². The second kappa shape index (κ2) is 22.6. The van der Waals surface area contributed by atoms with Crippen molar-refractivity contribution in [3.05, 3.63) is 383 Å². The van der Waals surface area contributed by atoms with Crippen LogP contribution in [0.25, 0.3) is 51.1 Å². The lowest BCUT2D eigenvalue weighted by molar-refractivity contribution is 0.482. The van der Waals surface area contributed by atoms with Crippen LogP contribution < -0.4 is 14.4 Å². The summed E-state index contributed by atoms with van der Waals surface area (Å²) in [5.41, 5.74) is 20.5. The van der Waals surface area contributed by atoms with Gasteiger partial charge in [-0.2, -0.15) is 0 Å². The van der Waals surface area contributed by atoms with Gasteiger partial charge in [-0.15, -0.1) is 0 Å². The van der Waals surface area contributed by atoms with Gasteiger partial charge < -0.3 is 14.4 Å². The number of ether oxygens (including phenoxy) is 2. The van der Waals surface area contributed by atoms with Crippen LogP contribution in [0.1, 0.15) is 68.5 Å². The van der Waals surface area contributed by atoms with E-state index in [0.29, 0.717) is 11.5 Å². The minimum Gasteiger partial charge on any atom is -0.457 e. The molecule has 0 N–H and O–H groups in total. The number of hydrogen-bond acceptors (Lipinski definition) is 3. The van der Waals surface area contributed by atoms with Gasteiger partial charge in [0.05, 0.1) is 10.8 Å². The largest absolute Gasteiger partial charge is 0.457 e. The van der Waals surface area contributed by atoms with E-state index in [4.69, 9.17) is 9.47 Å². The Bertz CT molecular complexity index is 4720. The zero-order chi connectivity index (χ0) is 60.1. The number of halogens is 2. The van der Waals surface area contributed by atoms with Gasteiger partial charge in [-0.3, -0.25) is 0 Å². The second-order valence-corrected chi connectivity index (χ2v) is 23.0. The van der Waals surface area contributed by atoms with Crippen LogP contribution >= 0.6 is 0 Å². The molecule has 15 rings (SSSR count). The van der Waals surface area contributed by atoms with Gasteiger partial charge in [0.2, 0.25) is 0 Å². The summed E-state index contributed by atoms with van der Waals surface area (Å²) in [5.74, 6) is 2.22.